The number of rotatable bonds is 2. The van der Waals surface area contributed by atoms with Crippen molar-refractivity contribution in [1.29, 1.82) is 0 Å². The number of hydrogen-bond acceptors (Lipinski definition) is 6. The van der Waals surface area contributed by atoms with Crippen molar-refractivity contribution in [2.75, 3.05) is 11.5 Å². The van der Waals surface area contributed by atoms with Gasteiger partial charge in [0.25, 0.3) is 0 Å². The summed E-state index contributed by atoms with van der Waals surface area (Å²) < 4.78 is -3.40. The van der Waals surface area contributed by atoms with E-state index in [0.717, 1.165) is 23.0 Å². The van der Waals surface area contributed by atoms with Gasteiger partial charge in [-0.25, -0.2) is 0 Å². The third-order valence-corrected chi connectivity index (χ3v) is 26.9. The van der Waals surface area contributed by atoms with Gasteiger partial charge in [-0.3, -0.25) is 0 Å². The van der Waals surface area contributed by atoms with Gasteiger partial charge in [-0.15, -0.1) is 45.5 Å². The van der Waals surface area contributed by atoms with Crippen molar-refractivity contribution in [2.24, 2.45) is 0 Å². The van der Waals surface area contributed by atoms with Crippen LogP contribution < -0.4 is 0 Å². The van der Waals surface area contributed by atoms with Crippen LogP contribution >= 0.6 is 54.4 Å². The standard InChI is InChI=1S/C20H20P2S6/c23-21(19-5-1-2-6-19)25-13-14-26-22(24,20-7-3-4-8-20)28-16-18-11-9-17(10-12-18)15-27-21/h1-12H,13-16H2. The Hall–Kier alpha value is 0.880. The molecule has 2 aliphatic carbocycles. The lowest BCUT2D eigenvalue weighted by Gasteiger charge is -2.25. The molecule has 0 saturated heterocycles. The zero-order valence-corrected chi connectivity index (χ0v) is 21.8. The van der Waals surface area contributed by atoms with Gasteiger partial charge in [0.2, 0.25) is 0 Å². The van der Waals surface area contributed by atoms with Gasteiger partial charge in [-0.1, -0.05) is 84.3 Å². The Morgan fingerprint density at radius 1 is 0.643 bits per heavy atom. The minimum Gasteiger partial charge on any atom is -0.109 e. The van der Waals surface area contributed by atoms with E-state index in [1.807, 2.05) is 45.5 Å². The monoisotopic (exact) mass is 514 g/mol. The highest BCUT2D eigenvalue weighted by Crippen LogP contribution is 2.78. The first-order chi connectivity index (χ1) is 13.6. The van der Waals surface area contributed by atoms with Gasteiger partial charge >= 0.3 is 0 Å². The highest BCUT2D eigenvalue weighted by Gasteiger charge is 2.27. The lowest BCUT2D eigenvalue weighted by atomic mass is 10.2. The maximum absolute atomic E-state index is 6.25. The quantitative estimate of drug-likeness (QED) is 0.360. The second-order valence-electron chi connectivity index (χ2n) is 6.31. The topological polar surface area (TPSA) is 0 Å². The molecule has 0 N–H and O–H groups in total. The van der Waals surface area contributed by atoms with Crippen molar-refractivity contribution in [3.63, 3.8) is 0 Å². The molecule has 2 bridgehead atoms. The second kappa shape index (κ2) is 10.0. The molecular formula is C20H20P2S6. The van der Waals surface area contributed by atoms with Crippen LogP contribution in [0.3, 0.4) is 0 Å². The molecule has 1 aromatic carbocycles. The molecule has 2 heterocycles. The van der Waals surface area contributed by atoms with Crippen LogP contribution in [0.15, 0.2) is 71.3 Å². The van der Waals surface area contributed by atoms with Crippen LogP contribution in [-0.4, -0.2) is 11.5 Å². The number of benzene rings is 1. The summed E-state index contributed by atoms with van der Waals surface area (Å²) in [5.74, 6) is 4.11. The highest BCUT2D eigenvalue weighted by atomic mass is 33.2. The summed E-state index contributed by atoms with van der Waals surface area (Å²) in [6.45, 7) is 0. The molecule has 4 aliphatic rings. The summed E-state index contributed by atoms with van der Waals surface area (Å²) in [6.07, 6.45) is 17.3. The van der Waals surface area contributed by atoms with E-state index >= 15 is 0 Å². The van der Waals surface area contributed by atoms with Crippen LogP contribution in [-0.2, 0) is 35.1 Å². The molecule has 146 valence electrons. The van der Waals surface area contributed by atoms with Crippen LogP contribution in [0.25, 0.3) is 0 Å². The normalized spacial score (nSPS) is 30.9. The fourth-order valence-corrected chi connectivity index (χ4v) is 21.8. The summed E-state index contributed by atoms with van der Waals surface area (Å²) in [4.78, 5) is 0. The molecule has 0 fully saturated rings. The minimum absolute atomic E-state index is 0.988. The molecule has 0 aromatic heterocycles. The summed E-state index contributed by atoms with van der Waals surface area (Å²) >= 11 is 20.4. The highest BCUT2D eigenvalue weighted by molar-refractivity contribution is 9.02. The van der Waals surface area contributed by atoms with Crippen LogP contribution in [0, 0.1) is 12.8 Å². The molecule has 0 amide bonds. The van der Waals surface area contributed by atoms with Gasteiger partial charge in [0.15, 0.2) is 0 Å². The molecule has 0 nitrogen and oxygen atoms in total. The molecule has 1 aromatic rings. The van der Waals surface area contributed by atoms with Crippen LogP contribution in [0.2, 0.25) is 0 Å². The molecule has 2 unspecified atom stereocenters. The third kappa shape index (κ3) is 5.37. The average Bonchev–Trinajstić information content (AvgIpc) is 3.43. The number of allylic oxidation sites excluding steroid dienone is 8. The summed E-state index contributed by atoms with van der Waals surface area (Å²) in [5.41, 5.74) is 2.73. The van der Waals surface area contributed by atoms with E-state index in [4.69, 9.17) is 23.6 Å². The van der Waals surface area contributed by atoms with E-state index in [9.17, 15) is 0 Å². The summed E-state index contributed by atoms with van der Waals surface area (Å²) in [6, 6.07) is 9.07. The molecule has 8 heteroatoms. The van der Waals surface area contributed by atoms with Gasteiger partial charge in [0.1, 0.15) is 0 Å². The smallest absolute Gasteiger partial charge is 0.0850 e. The molecular weight excluding hydrogens is 495 g/mol. The Balaban J connectivity index is 1.61. The second-order valence-corrected chi connectivity index (χ2v) is 28.9. The molecule has 2 radical (unpaired) electrons. The van der Waals surface area contributed by atoms with Crippen molar-refractivity contribution >= 4 is 78.0 Å². The Bertz CT molecular complexity index is 865. The van der Waals surface area contributed by atoms with E-state index in [1.165, 1.54) is 21.8 Å². The molecule has 28 heavy (non-hydrogen) atoms. The van der Waals surface area contributed by atoms with Crippen molar-refractivity contribution in [3.8, 4) is 0 Å². The first kappa shape index (κ1) is 22.1. The van der Waals surface area contributed by atoms with Gasteiger partial charge in [-0.2, -0.15) is 0 Å². The SMILES string of the molecule is S=P1(C2=C[CH]C=C2)SCCSP(=S)(C2=C[CH]C=C2)SCc2ccc(cc2)CS1. The zero-order chi connectivity index (χ0) is 19.5. The predicted molar refractivity (Wildman–Crippen MR) is 146 cm³/mol. The van der Waals surface area contributed by atoms with E-state index in [-0.39, 0.29) is 0 Å². The van der Waals surface area contributed by atoms with E-state index in [1.54, 1.807) is 0 Å². The first-order valence-electron chi connectivity index (χ1n) is 8.88. The van der Waals surface area contributed by atoms with E-state index < -0.39 is 8.88 Å². The number of fused-ring (bicyclic) bond motifs is 11. The Labute approximate surface area is 194 Å². The largest absolute Gasteiger partial charge is 0.109 e. The molecule has 2 aliphatic heterocycles. The van der Waals surface area contributed by atoms with Gasteiger partial charge in [0.05, 0.1) is 8.88 Å². The lowest BCUT2D eigenvalue weighted by molar-refractivity contribution is 1.35. The van der Waals surface area contributed by atoms with Crippen molar-refractivity contribution < 1.29 is 0 Å². The van der Waals surface area contributed by atoms with Crippen molar-refractivity contribution in [1.82, 2.24) is 0 Å². The van der Waals surface area contributed by atoms with Crippen LogP contribution in [0.5, 0.6) is 0 Å². The lowest BCUT2D eigenvalue weighted by Crippen LogP contribution is -1.90. The Morgan fingerprint density at radius 2 is 1.07 bits per heavy atom. The molecule has 5 rings (SSSR count). The summed E-state index contributed by atoms with van der Waals surface area (Å²) in [7, 11) is 0. The molecule has 0 spiro atoms. The maximum Gasteiger partial charge on any atom is 0.0850 e. The summed E-state index contributed by atoms with van der Waals surface area (Å²) in [5, 5.41) is 2.69. The zero-order valence-electron chi connectivity index (χ0n) is 15.1. The Morgan fingerprint density at radius 3 is 1.43 bits per heavy atom. The number of hydrogen-bond donors (Lipinski definition) is 0. The van der Waals surface area contributed by atoms with Gasteiger partial charge < -0.3 is 0 Å². The van der Waals surface area contributed by atoms with Gasteiger partial charge in [-0.05, 0) is 11.1 Å². The predicted octanol–water partition coefficient (Wildman–Crippen LogP) is 8.57. The maximum atomic E-state index is 6.25. The third-order valence-electron chi connectivity index (χ3n) is 4.35. The fourth-order valence-electron chi connectivity index (χ4n) is 2.83. The van der Waals surface area contributed by atoms with Crippen LogP contribution in [0.1, 0.15) is 11.1 Å². The van der Waals surface area contributed by atoms with Crippen molar-refractivity contribution in [2.45, 2.75) is 11.5 Å². The molecule has 2 atom stereocenters. The van der Waals surface area contributed by atoms with Crippen LogP contribution in [0.4, 0.5) is 0 Å². The average molecular weight is 515 g/mol. The molecule has 0 saturated carbocycles. The van der Waals surface area contributed by atoms with Gasteiger partial charge in [0, 0.05) is 46.5 Å². The van der Waals surface area contributed by atoms with E-state index in [2.05, 4.69) is 73.6 Å². The Kier molecular flexibility index (Phi) is 7.89. The first-order valence-corrected chi connectivity index (χ1v) is 20.8. The van der Waals surface area contributed by atoms with Crippen molar-refractivity contribution in [3.05, 3.63) is 95.3 Å². The van der Waals surface area contributed by atoms with E-state index in [0.29, 0.717) is 0 Å². The minimum atomic E-state index is -1.70. The fraction of sp³-hybridized carbons (Fsp3) is 0.200.